The molecule has 2 amide bonds. The van der Waals surface area contributed by atoms with Crippen LogP contribution in [0.1, 0.15) is 12.0 Å². The molecule has 170 valence electrons. The molecule has 0 spiro atoms. The molecular weight excluding hydrogens is 459 g/mol. The Hall–Kier alpha value is -2.64. The fourth-order valence-electron chi connectivity index (χ4n) is 2.57. The second-order valence-corrected chi connectivity index (χ2v) is 10.2. The Kier molecular flexibility index (Phi) is 7.34. The molecular formula is C18H20F3N3O5S2. The number of alkyl halides is 3. The molecule has 3 N–H and O–H groups in total. The molecule has 0 saturated carbocycles. The minimum absolute atomic E-state index is 0.0619. The van der Waals surface area contributed by atoms with Crippen LogP contribution in [-0.4, -0.2) is 47.9 Å². The number of sulfonamides is 1. The second kappa shape index (κ2) is 9.24. The molecule has 8 nitrogen and oxygen atoms in total. The molecule has 31 heavy (non-hydrogen) atoms. The highest BCUT2D eigenvalue weighted by Crippen LogP contribution is 2.36. The number of amides is 2. The molecule has 0 aliphatic carbocycles. The van der Waals surface area contributed by atoms with E-state index in [4.69, 9.17) is 5.73 Å². The van der Waals surface area contributed by atoms with Gasteiger partial charge >= 0.3 is 12.2 Å². The fourth-order valence-corrected chi connectivity index (χ4v) is 5.28. The van der Waals surface area contributed by atoms with E-state index in [2.05, 4.69) is 0 Å². The summed E-state index contributed by atoms with van der Waals surface area (Å²) in [7, 11) is -7.60. The van der Waals surface area contributed by atoms with Gasteiger partial charge in [0.2, 0.25) is 19.9 Å². The van der Waals surface area contributed by atoms with Crippen molar-refractivity contribution in [2.75, 3.05) is 20.1 Å². The fraction of sp³-hybridized carbons (Fsp3) is 0.278. The summed E-state index contributed by atoms with van der Waals surface area (Å²) in [6.07, 6.45) is -4.96. The normalized spacial score (nSPS) is 12.5. The number of carbonyl (C=O) groups excluding carboxylic acids is 1. The first-order valence-electron chi connectivity index (χ1n) is 8.78. The molecule has 0 saturated heterocycles. The van der Waals surface area contributed by atoms with Gasteiger partial charge in [0.15, 0.2) is 0 Å². The van der Waals surface area contributed by atoms with Gasteiger partial charge in [-0.3, -0.25) is 0 Å². The Morgan fingerprint density at radius 2 is 1.65 bits per heavy atom. The SMILES string of the molecule is CN(CCCNS(=O)(=O)c1cc(S(=O)(=O)c2ccccc2)ccc1C(F)(F)F)C(N)=O. The number of sulfone groups is 1. The van der Waals surface area contributed by atoms with Crippen molar-refractivity contribution in [2.45, 2.75) is 27.3 Å². The van der Waals surface area contributed by atoms with Crippen LogP contribution in [-0.2, 0) is 26.0 Å². The first-order valence-corrected chi connectivity index (χ1v) is 11.7. The van der Waals surface area contributed by atoms with Crippen LogP contribution in [0.4, 0.5) is 18.0 Å². The summed E-state index contributed by atoms with van der Waals surface area (Å²) in [6, 6.07) is 7.78. The number of hydrogen-bond acceptors (Lipinski definition) is 5. The summed E-state index contributed by atoms with van der Waals surface area (Å²) in [5.41, 5.74) is 3.54. The van der Waals surface area contributed by atoms with Crippen LogP contribution < -0.4 is 10.5 Å². The maximum atomic E-state index is 13.4. The summed E-state index contributed by atoms with van der Waals surface area (Å²) in [6.45, 7) is -0.237. The van der Waals surface area contributed by atoms with Gasteiger partial charge < -0.3 is 10.6 Å². The van der Waals surface area contributed by atoms with E-state index in [0.717, 1.165) is 4.90 Å². The predicted molar refractivity (Wildman–Crippen MR) is 105 cm³/mol. The topological polar surface area (TPSA) is 127 Å². The van der Waals surface area contributed by atoms with Crippen molar-refractivity contribution in [1.29, 1.82) is 0 Å². The summed E-state index contributed by atoms with van der Waals surface area (Å²) in [4.78, 5) is 10.0. The van der Waals surface area contributed by atoms with Gasteiger partial charge in [-0.15, -0.1) is 0 Å². The second-order valence-electron chi connectivity index (χ2n) is 6.48. The van der Waals surface area contributed by atoms with Crippen molar-refractivity contribution < 1.29 is 34.8 Å². The van der Waals surface area contributed by atoms with Crippen LogP contribution >= 0.6 is 0 Å². The number of halogens is 3. The van der Waals surface area contributed by atoms with Crippen molar-refractivity contribution in [2.24, 2.45) is 5.73 Å². The largest absolute Gasteiger partial charge is 0.417 e. The zero-order chi connectivity index (χ0) is 23.4. The van der Waals surface area contributed by atoms with E-state index in [1.165, 1.54) is 31.3 Å². The van der Waals surface area contributed by atoms with Gasteiger partial charge in [0.1, 0.15) is 0 Å². The smallest absolute Gasteiger partial charge is 0.351 e. The monoisotopic (exact) mass is 479 g/mol. The maximum Gasteiger partial charge on any atom is 0.417 e. The number of urea groups is 1. The van der Waals surface area contributed by atoms with Crippen LogP contribution in [0.5, 0.6) is 0 Å². The highest BCUT2D eigenvalue weighted by atomic mass is 32.2. The summed E-state index contributed by atoms with van der Waals surface area (Å²) < 4.78 is 92.9. The Balaban J connectivity index is 2.42. The average Bonchev–Trinajstić information content (AvgIpc) is 2.70. The molecule has 0 fully saturated rings. The minimum atomic E-state index is -5.04. The predicted octanol–water partition coefficient (Wildman–Crippen LogP) is 2.22. The third-order valence-corrected chi connectivity index (χ3v) is 7.52. The van der Waals surface area contributed by atoms with E-state index >= 15 is 0 Å². The molecule has 0 aliphatic rings. The van der Waals surface area contributed by atoms with Gasteiger partial charge in [-0.05, 0) is 36.8 Å². The van der Waals surface area contributed by atoms with Crippen molar-refractivity contribution in [1.82, 2.24) is 9.62 Å². The number of carbonyl (C=O) groups is 1. The van der Waals surface area contributed by atoms with Crippen molar-refractivity contribution in [3.63, 3.8) is 0 Å². The van der Waals surface area contributed by atoms with E-state index in [0.29, 0.717) is 18.2 Å². The van der Waals surface area contributed by atoms with Crippen molar-refractivity contribution in [3.8, 4) is 0 Å². The Morgan fingerprint density at radius 3 is 2.19 bits per heavy atom. The summed E-state index contributed by atoms with van der Waals surface area (Å²) in [5, 5.41) is 0. The third-order valence-electron chi connectivity index (χ3n) is 4.25. The lowest BCUT2D eigenvalue weighted by Crippen LogP contribution is -2.35. The van der Waals surface area contributed by atoms with E-state index in [1.807, 2.05) is 4.72 Å². The lowest BCUT2D eigenvalue weighted by molar-refractivity contribution is -0.139. The quantitative estimate of drug-likeness (QED) is 0.562. The van der Waals surface area contributed by atoms with Gasteiger partial charge in [0, 0.05) is 20.1 Å². The summed E-state index contributed by atoms with van der Waals surface area (Å²) >= 11 is 0. The number of nitrogens with two attached hydrogens (primary N) is 1. The first-order chi connectivity index (χ1) is 14.3. The van der Waals surface area contributed by atoms with Crippen LogP contribution in [0, 0.1) is 0 Å². The number of rotatable bonds is 8. The molecule has 0 bridgehead atoms. The first kappa shape index (κ1) is 24.6. The average molecular weight is 480 g/mol. The molecule has 13 heteroatoms. The Bertz CT molecular complexity index is 1150. The van der Waals surface area contributed by atoms with E-state index in [9.17, 15) is 34.8 Å². The van der Waals surface area contributed by atoms with E-state index in [-0.39, 0.29) is 24.4 Å². The van der Waals surface area contributed by atoms with Crippen molar-refractivity contribution in [3.05, 3.63) is 54.1 Å². The van der Waals surface area contributed by atoms with Crippen LogP contribution in [0.15, 0.2) is 63.2 Å². The molecule has 0 unspecified atom stereocenters. The number of hydrogen-bond donors (Lipinski definition) is 2. The highest BCUT2D eigenvalue weighted by Gasteiger charge is 2.38. The van der Waals surface area contributed by atoms with E-state index < -0.39 is 47.4 Å². The standard InChI is InChI=1S/C18H20F3N3O5S2/c1-24(17(22)25)11-5-10-23-31(28,29)16-12-14(8-9-15(16)18(19,20)21)30(26,27)13-6-3-2-4-7-13/h2-4,6-9,12,23H,5,10-11H2,1H3,(H2,22,25). The third kappa shape index (κ3) is 5.95. The molecule has 2 aromatic rings. The summed E-state index contributed by atoms with van der Waals surface area (Å²) in [5.74, 6) is 0. The highest BCUT2D eigenvalue weighted by molar-refractivity contribution is 7.91. The zero-order valence-corrected chi connectivity index (χ0v) is 17.9. The Morgan fingerprint density at radius 1 is 1.03 bits per heavy atom. The molecule has 0 atom stereocenters. The molecule has 2 aromatic carbocycles. The van der Waals surface area contributed by atoms with Crippen molar-refractivity contribution >= 4 is 25.9 Å². The van der Waals surface area contributed by atoms with Crippen LogP contribution in [0.25, 0.3) is 0 Å². The van der Waals surface area contributed by atoms with Gasteiger partial charge in [0.25, 0.3) is 0 Å². The molecule has 0 aromatic heterocycles. The van der Waals surface area contributed by atoms with Gasteiger partial charge in [-0.1, -0.05) is 18.2 Å². The van der Waals surface area contributed by atoms with Crippen LogP contribution in [0.3, 0.4) is 0 Å². The number of nitrogens with one attached hydrogen (secondary N) is 1. The number of benzene rings is 2. The lowest BCUT2D eigenvalue weighted by atomic mass is 10.2. The number of nitrogens with zero attached hydrogens (tertiary/aromatic N) is 1. The maximum absolute atomic E-state index is 13.4. The van der Waals surface area contributed by atoms with Gasteiger partial charge in [0.05, 0.1) is 20.2 Å². The Labute approximate surface area is 177 Å². The lowest BCUT2D eigenvalue weighted by Gasteiger charge is -2.17. The zero-order valence-electron chi connectivity index (χ0n) is 16.3. The number of primary amides is 1. The minimum Gasteiger partial charge on any atom is -0.351 e. The molecule has 0 radical (unpaired) electrons. The van der Waals surface area contributed by atoms with E-state index in [1.54, 1.807) is 6.07 Å². The molecule has 2 rings (SSSR count). The van der Waals surface area contributed by atoms with Gasteiger partial charge in [-0.2, -0.15) is 13.2 Å². The molecule has 0 aliphatic heterocycles. The van der Waals surface area contributed by atoms with Crippen LogP contribution in [0.2, 0.25) is 0 Å². The molecule has 0 heterocycles. The van der Waals surface area contributed by atoms with Gasteiger partial charge in [-0.25, -0.2) is 26.4 Å².